The van der Waals surface area contributed by atoms with Crippen LogP contribution in [0.25, 0.3) is 0 Å². The normalized spacial score (nSPS) is 11.1. The third-order valence-corrected chi connectivity index (χ3v) is 9.88. The maximum Gasteiger partial charge on any atom is 0.0314 e. The summed E-state index contributed by atoms with van der Waals surface area (Å²) in [5, 5.41) is 0. The molecule has 0 aliphatic carbocycles. The molecular weight excluding hydrogens is 605 g/mol. The third kappa shape index (κ3) is 10.5. The molecular formula is C48H52N2. The Balaban J connectivity index is 1.08. The molecule has 4 N–H and O–H groups in total. The second-order valence-corrected chi connectivity index (χ2v) is 14.1. The van der Waals surface area contributed by atoms with E-state index >= 15 is 0 Å². The molecule has 0 radical (unpaired) electrons. The summed E-state index contributed by atoms with van der Waals surface area (Å²) >= 11 is 0. The molecule has 0 aromatic heterocycles. The van der Waals surface area contributed by atoms with Crippen molar-refractivity contribution in [3.63, 3.8) is 0 Å². The Morgan fingerprint density at radius 1 is 0.320 bits per heavy atom. The van der Waals surface area contributed by atoms with Crippen molar-refractivity contribution in [3.8, 4) is 0 Å². The van der Waals surface area contributed by atoms with Gasteiger partial charge in [0.2, 0.25) is 0 Å². The Labute approximate surface area is 300 Å². The molecule has 0 spiro atoms. The molecule has 0 bridgehead atoms. The van der Waals surface area contributed by atoms with Gasteiger partial charge in [0.05, 0.1) is 0 Å². The lowest BCUT2D eigenvalue weighted by molar-refractivity contribution is 0.631. The Hall–Kier alpha value is -5.08. The molecule has 0 unspecified atom stereocenters. The van der Waals surface area contributed by atoms with Gasteiger partial charge < -0.3 is 11.5 Å². The van der Waals surface area contributed by atoms with Gasteiger partial charge in [0, 0.05) is 11.4 Å². The van der Waals surface area contributed by atoms with Gasteiger partial charge in [0.1, 0.15) is 0 Å². The van der Waals surface area contributed by atoms with E-state index in [1.165, 1.54) is 93.3 Å². The zero-order valence-electron chi connectivity index (χ0n) is 29.7. The van der Waals surface area contributed by atoms with E-state index in [4.69, 9.17) is 11.5 Å². The average Bonchev–Trinajstić information content (AvgIpc) is 3.13. The number of anilines is 2. The van der Waals surface area contributed by atoms with Gasteiger partial charge >= 0.3 is 0 Å². The summed E-state index contributed by atoms with van der Waals surface area (Å²) in [6.07, 6.45) is 12.4. The summed E-state index contributed by atoms with van der Waals surface area (Å²) in [6.45, 7) is 2.29. The fourth-order valence-electron chi connectivity index (χ4n) is 6.87. The number of hydrogen-bond acceptors (Lipinski definition) is 2. The number of rotatable bonds is 16. The van der Waals surface area contributed by atoms with Crippen molar-refractivity contribution in [2.45, 2.75) is 77.6 Å². The van der Waals surface area contributed by atoms with Crippen LogP contribution in [0.3, 0.4) is 0 Å². The molecule has 254 valence electrons. The molecule has 2 nitrogen and oxygen atoms in total. The molecule has 0 saturated heterocycles. The summed E-state index contributed by atoms with van der Waals surface area (Å²) in [5.74, 6) is 0. The molecule has 50 heavy (non-hydrogen) atoms. The highest BCUT2D eigenvalue weighted by Crippen LogP contribution is 2.23. The molecule has 0 aliphatic heterocycles. The number of nitrogen functional groups attached to an aromatic ring is 2. The molecule has 0 amide bonds. The summed E-state index contributed by atoms with van der Waals surface area (Å²) in [4.78, 5) is 0. The Kier molecular flexibility index (Phi) is 12.2. The lowest BCUT2D eigenvalue weighted by Crippen LogP contribution is -2.00. The van der Waals surface area contributed by atoms with Crippen LogP contribution < -0.4 is 11.5 Å². The van der Waals surface area contributed by atoms with Gasteiger partial charge in [0.25, 0.3) is 0 Å². The third-order valence-electron chi connectivity index (χ3n) is 9.88. The lowest BCUT2D eigenvalue weighted by Gasteiger charge is -2.14. The van der Waals surface area contributed by atoms with Crippen molar-refractivity contribution in [2.24, 2.45) is 0 Å². The van der Waals surface area contributed by atoms with Crippen LogP contribution in [0.5, 0.6) is 0 Å². The summed E-state index contributed by atoms with van der Waals surface area (Å²) < 4.78 is 0. The SMILES string of the molecule is CCCCCCCc1cc(Cc2ccc(Cc3ccc(N)cc3)cc2)ccc1Cc1ccc(Cc2ccc(Cc3ccc(N)cc3)cc2)cc1. The predicted octanol–water partition coefficient (Wildman–Crippen LogP) is 11.3. The highest BCUT2D eigenvalue weighted by molar-refractivity contribution is 5.43. The molecule has 0 fully saturated rings. The zero-order valence-corrected chi connectivity index (χ0v) is 29.7. The largest absolute Gasteiger partial charge is 0.399 e. The quantitative estimate of drug-likeness (QED) is 0.0804. The van der Waals surface area contributed by atoms with Gasteiger partial charge in [-0.15, -0.1) is 0 Å². The monoisotopic (exact) mass is 656 g/mol. The maximum atomic E-state index is 5.87. The van der Waals surface area contributed by atoms with Gasteiger partial charge in [0.15, 0.2) is 0 Å². The molecule has 6 rings (SSSR count). The molecule has 2 heteroatoms. The van der Waals surface area contributed by atoms with E-state index in [-0.39, 0.29) is 0 Å². The zero-order chi connectivity index (χ0) is 34.5. The smallest absolute Gasteiger partial charge is 0.0314 e. The van der Waals surface area contributed by atoms with E-state index < -0.39 is 0 Å². The predicted molar refractivity (Wildman–Crippen MR) is 214 cm³/mol. The van der Waals surface area contributed by atoms with Crippen LogP contribution in [-0.2, 0) is 38.5 Å². The number of nitrogens with two attached hydrogens (primary N) is 2. The topological polar surface area (TPSA) is 52.0 Å². The van der Waals surface area contributed by atoms with Crippen LogP contribution in [0.4, 0.5) is 11.4 Å². The van der Waals surface area contributed by atoms with Crippen molar-refractivity contribution in [1.82, 2.24) is 0 Å². The first kappa shape index (κ1) is 34.8. The first-order chi connectivity index (χ1) is 24.5. The number of hydrogen-bond donors (Lipinski definition) is 2. The average molecular weight is 657 g/mol. The van der Waals surface area contributed by atoms with Crippen molar-refractivity contribution in [1.29, 1.82) is 0 Å². The second kappa shape index (κ2) is 17.5. The van der Waals surface area contributed by atoms with E-state index in [0.717, 1.165) is 49.9 Å². The van der Waals surface area contributed by atoms with E-state index in [1.54, 1.807) is 0 Å². The molecule has 0 atom stereocenters. The fraction of sp³-hybridized carbons (Fsp3) is 0.250. The van der Waals surface area contributed by atoms with Gasteiger partial charge in [-0.1, -0.05) is 148 Å². The van der Waals surface area contributed by atoms with Crippen LogP contribution in [0, 0.1) is 0 Å². The minimum atomic E-state index is 0.811. The minimum Gasteiger partial charge on any atom is -0.399 e. The molecule has 0 saturated carbocycles. The second-order valence-electron chi connectivity index (χ2n) is 14.1. The van der Waals surface area contributed by atoms with Crippen LogP contribution in [0.15, 0.2) is 140 Å². The lowest BCUT2D eigenvalue weighted by atomic mass is 9.91. The highest BCUT2D eigenvalue weighted by atomic mass is 14.5. The molecule has 0 aliphatic rings. The van der Waals surface area contributed by atoms with Gasteiger partial charge in [-0.25, -0.2) is 0 Å². The standard InChI is InChI=1S/C48H52N2/c1-2-3-4-5-6-7-45-35-44(33-40-14-12-38(13-15-40)32-42-23-28-48(50)29-24-42)20-25-46(45)34-43-18-16-39(17-19-43)30-36-8-10-37(11-9-36)31-41-21-26-47(49)27-22-41/h8-29,35H,2-7,30-34,49-50H2,1H3. The Morgan fingerprint density at radius 3 is 1.04 bits per heavy atom. The Bertz CT molecular complexity index is 1900. The fourth-order valence-corrected chi connectivity index (χ4v) is 6.87. The Morgan fingerprint density at radius 2 is 0.640 bits per heavy atom. The number of aryl methyl sites for hydroxylation is 1. The molecule has 6 aromatic rings. The van der Waals surface area contributed by atoms with Crippen LogP contribution in [-0.4, -0.2) is 0 Å². The van der Waals surface area contributed by atoms with Crippen LogP contribution >= 0.6 is 0 Å². The van der Waals surface area contributed by atoms with Gasteiger partial charge in [-0.2, -0.15) is 0 Å². The van der Waals surface area contributed by atoms with Crippen molar-refractivity contribution in [2.75, 3.05) is 11.5 Å². The van der Waals surface area contributed by atoms with E-state index in [9.17, 15) is 0 Å². The van der Waals surface area contributed by atoms with Crippen molar-refractivity contribution < 1.29 is 0 Å². The first-order valence-corrected chi connectivity index (χ1v) is 18.5. The van der Waals surface area contributed by atoms with Crippen LogP contribution in [0.2, 0.25) is 0 Å². The summed E-state index contributed by atoms with van der Waals surface area (Å²) in [7, 11) is 0. The van der Waals surface area contributed by atoms with Crippen LogP contribution in [0.1, 0.15) is 100 Å². The summed E-state index contributed by atoms with van der Waals surface area (Å²) in [5.41, 5.74) is 28.4. The minimum absolute atomic E-state index is 0.811. The van der Waals surface area contributed by atoms with Crippen molar-refractivity contribution >= 4 is 11.4 Å². The number of unbranched alkanes of at least 4 members (excludes halogenated alkanes) is 4. The first-order valence-electron chi connectivity index (χ1n) is 18.5. The van der Waals surface area contributed by atoms with E-state index in [1.807, 2.05) is 24.3 Å². The number of benzene rings is 6. The molecule has 0 heterocycles. The highest BCUT2D eigenvalue weighted by Gasteiger charge is 2.09. The van der Waals surface area contributed by atoms with Gasteiger partial charge in [-0.3, -0.25) is 0 Å². The van der Waals surface area contributed by atoms with Gasteiger partial charge in [-0.05, 0) is 130 Å². The van der Waals surface area contributed by atoms with Crippen molar-refractivity contribution in [3.05, 3.63) is 201 Å². The van der Waals surface area contributed by atoms with E-state index in [0.29, 0.717) is 0 Å². The molecule has 6 aromatic carbocycles. The maximum absolute atomic E-state index is 5.87. The van der Waals surface area contributed by atoms with E-state index in [2.05, 4.69) is 122 Å². The summed E-state index contributed by atoms with van der Waals surface area (Å²) in [6, 6.07) is 51.1.